The molecule has 3 atom stereocenters. The van der Waals surface area contributed by atoms with E-state index in [1.54, 1.807) is 24.5 Å². The van der Waals surface area contributed by atoms with Crippen LogP contribution < -0.4 is 10.7 Å². The summed E-state index contributed by atoms with van der Waals surface area (Å²) in [6.07, 6.45) is 6.20. The smallest absolute Gasteiger partial charge is 0.197 e. The molecule has 4 rings (SSSR count). The van der Waals surface area contributed by atoms with Crippen molar-refractivity contribution in [2.75, 3.05) is 6.54 Å². The van der Waals surface area contributed by atoms with Crippen molar-refractivity contribution in [1.29, 1.82) is 0 Å². The van der Waals surface area contributed by atoms with Gasteiger partial charge in [-0.3, -0.25) is 4.79 Å². The molecule has 2 aromatic rings. The van der Waals surface area contributed by atoms with Crippen LogP contribution in [0.1, 0.15) is 43.7 Å². The molecule has 2 fully saturated rings. The van der Waals surface area contributed by atoms with Crippen LogP contribution in [-0.2, 0) is 0 Å². The number of piperidine rings is 1. The van der Waals surface area contributed by atoms with Crippen LogP contribution in [0.2, 0.25) is 5.02 Å². The lowest BCUT2D eigenvalue weighted by Gasteiger charge is -2.48. The molecule has 1 aliphatic carbocycles. The van der Waals surface area contributed by atoms with Crippen molar-refractivity contribution in [3.05, 3.63) is 45.3 Å². The summed E-state index contributed by atoms with van der Waals surface area (Å²) in [5.41, 5.74) is 0.424. The molecule has 0 radical (unpaired) electrons. The van der Waals surface area contributed by atoms with Gasteiger partial charge in [0.1, 0.15) is 5.58 Å². The minimum atomic E-state index is -0.663. The molecule has 2 aliphatic rings. The predicted octanol–water partition coefficient (Wildman–Crippen LogP) is 3.40. The minimum Gasteiger partial charge on any atom is -0.464 e. The van der Waals surface area contributed by atoms with Crippen LogP contribution in [0, 0.1) is 5.92 Å². The summed E-state index contributed by atoms with van der Waals surface area (Å²) < 4.78 is 5.66. The van der Waals surface area contributed by atoms with Crippen LogP contribution in [0.5, 0.6) is 0 Å². The van der Waals surface area contributed by atoms with E-state index in [2.05, 4.69) is 5.32 Å². The van der Waals surface area contributed by atoms with Gasteiger partial charge in [-0.25, -0.2) is 0 Å². The Hall–Kier alpha value is -1.36. The van der Waals surface area contributed by atoms with E-state index < -0.39 is 5.60 Å². The topological polar surface area (TPSA) is 62.5 Å². The first-order chi connectivity index (χ1) is 11.1. The van der Waals surface area contributed by atoms with Gasteiger partial charge >= 0.3 is 0 Å². The zero-order chi connectivity index (χ0) is 16.0. The van der Waals surface area contributed by atoms with E-state index >= 15 is 0 Å². The summed E-state index contributed by atoms with van der Waals surface area (Å²) in [6.45, 7) is 0.713. The largest absolute Gasteiger partial charge is 0.464 e. The van der Waals surface area contributed by atoms with Gasteiger partial charge in [0, 0.05) is 17.0 Å². The fourth-order valence-corrected chi connectivity index (χ4v) is 4.45. The summed E-state index contributed by atoms with van der Waals surface area (Å²) >= 11 is 6.03. The molecule has 4 nitrogen and oxygen atoms in total. The molecule has 1 aromatic carbocycles. The minimum absolute atomic E-state index is 0.0546. The van der Waals surface area contributed by atoms with Crippen molar-refractivity contribution in [1.82, 2.24) is 5.32 Å². The highest BCUT2D eigenvalue weighted by Crippen LogP contribution is 2.45. The van der Waals surface area contributed by atoms with Crippen LogP contribution in [0.25, 0.3) is 11.0 Å². The number of fused-ring (bicyclic) bond motifs is 2. The monoisotopic (exact) mass is 333 g/mol. The molecular weight excluding hydrogens is 314 g/mol. The molecule has 1 saturated carbocycles. The van der Waals surface area contributed by atoms with Gasteiger partial charge in [0.25, 0.3) is 0 Å². The first-order valence-corrected chi connectivity index (χ1v) is 8.63. The van der Waals surface area contributed by atoms with Crippen molar-refractivity contribution in [3.63, 3.8) is 0 Å². The van der Waals surface area contributed by atoms with E-state index in [4.69, 9.17) is 16.0 Å². The Labute approximate surface area is 139 Å². The van der Waals surface area contributed by atoms with E-state index in [1.165, 1.54) is 0 Å². The average molecular weight is 334 g/mol. The second-order valence-corrected chi connectivity index (χ2v) is 7.23. The summed E-state index contributed by atoms with van der Waals surface area (Å²) in [5.74, 6) is 0.0598. The Bertz CT molecular complexity index is 798. The quantitative estimate of drug-likeness (QED) is 0.839. The zero-order valence-electron chi connectivity index (χ0n) is 12.8. The van der Waals surface area contributed by atoms with Crippen LogP contribution in [0.3, 0.4) is 0 Å². The maximum absolute atomic E-state index is 12.9. The Morgan fingerprint density at radius 1 is 1.30 bits per heavy atom. The maximum atomic E-state index is 12.9. The van der Waals surface area contributed by atoms with E-state index in [-0.39, 0.29) is 17.4 Å². The molecule has 1 aromatic heterocycles. The number of rotatable bonds is 1. The fourth-order valence-electron chi connectivity index (χ4n) is 4.28. The Morgan fingerprint density at radius 2 is 2.17 bits per heavy atom. The molecule has 2 heterocycles. The third-order valence-corrected chi connectivity index (χ3v) is 5.72. The summed E-state index contributed by atoms with van der Waals surface area (Å²) in [4.78, 5) is 12.9. The molecule has 122 valence electrons. The van der Waals surface area contributed by atoms with Gasteiger partial charge in [-0.05, 0) is 44.0 Å². The van der Waals surface area contributed by atoms with Crippen LogP contribution in [0.15, 0.2) is 33.7 Å². The average Bonchev–Trinajstić information content (AvgIpc) is 2.55. The third kappa shape index (κ3) is 2.49. The van der Waals surface area contributed by atoms with E-state index in [0.29, 0.717) is 28.1 Å². The highest BCUT2D eigenvalue weighted by Gasteiger charge is 2.46. The van der Waals surface area contributed by atoms with Crippen molar-refractivity contribution in [2.24, 2.45) is 5.92 Å². The molecule has 1 aliphatic heterocycles. The lowest BCUT2D eigenvalue weighted by Crippen LogP contribution is -2.54. The van der Waals surface area contributed by atoms with Gasteiger partial charge in [-0.15, -0.1) is 0 Å². The summed E-state index contributed by atoms with van der Waals surface area (Å²) in [5, 5.41) is 15.4. The zero-order valence-corrected chi connectivity index (χ0v) is 13.6. The third-order valence-electron chi connectivity index (χ3n) is 5.49. The SMILES string of the molecule is O=c1c([C@H]2NCC[C@@]3(O)CCCC[C@@H]23)coc2ccc(Cl)cc12. The summed E-state index contributed by atoms with van der Waals surface area (Å²) in [6, 6.07) is 4.93. The van der Waals surface area contributed by atoms with Gasteiger partial charge in [0.2, 0.25) is 0 Å². The van der Waals surface area contributed by atoms with Crippen molar-refractivity contribution >= 4 is 22.6 Å². The number of halogens is 1. The first kappa shape index (κ1) is 15.2. The van der Waals surface area contributed by atoms with E-state index in [9.17, 15) is 9.90 Å². The van der Waals surface area contributed by atoms with E-state index in [1.807, 2.05) is 0 Å². The van der Waals surface area contributed by atoms with Gasteiger partial charge in [0.15, 0.2) is 5.43 Å². The number of benzene rings is 1. The van der Waals surface area contributed by atoms with Gasteiger partial charge in [-0.2, -0.15) is 0 Å². The predicted molar refractivity (Wildman–Crippen MR) is 89.8 cm³/mol. The second kappa shape index (κ2) is 5.62. The molecule has 1 saturated heterocycles. The number of hydrogen-bond donors (Lipinski definition) is 2. The molecule has 0 amide bonds. The Balaban J connectivity index is 1.82. The van der Waals surface area contributed by atoms with Crippen molar-refractivity contribution < 1.29 is 9.52 Å². The van der Waals surface area contributed by atoms with Crippen LogP contribution >= 0.6 is 11.6 Å². The number of nitrogens with one attached hydrogen (secondary N) is 1. The van der Waals surface area contributed by atoms with Crippen molar-refractivity contribution in [2.45, 2.75) is 43.7 Å². The van der Waals surface area contributed by atoms with Crippen LogP contribution in [0.4, 0.5) is 0 Å². The highest BCUT2D eigenvalue weighted by atomic mass is 35.5. The second-order valence-electron chi connectivity index (χ2n) is 6.80. The van der Waals surface area contributed by atoms with Gasteiger partial charge in [-0.1, -0.05) is 24.4 Å². The Morgan fingerprint density at radius 3 is 3.04 bits per heavy atom. The molecule has 23 heavy (non-hydrogen) atoms. The molecular formula is C18H20ClNO3. The standard InChI is InChI=1S/C18H20ClNO3/c19-11-4-5-15-12(9-11)17(21)13(10-23-15)16-14-3-1-2-6-18(14,22)7-8-20-16/h4-5,9-10,14,16,20,22H,1-3,6-8H2/t14-,16+,18-/m0/s1. The number of aliphatic hydroxyl groups is 1. The molecule has 0 spiro atoms. The lowest BCUT2D eigenvalue weighted by molar-refractivity contribution is -0.0864. The molecule has 0 bridgehead atoms. The number of hydrogen-bond acceptors (Lipinski definition) is 4. The fraction of sp³-hybridized carbons (Fsp3) is 0.500. The highest BCUT2D eigenvalue weighted by molar-refractivity contribution is 6.31. The van der Waals surface area contributed by atoms with Crippen LogP contribution in [-0.4, -0.2) is 17.3 Å². The summed E-state index contributed by atoms with van der Waals surface area (Å²) in [7, 11) is 0. The molecule has 5 heteroatoms. The maximum Gasteiger partial charge on any atom is 0.197 e. The normalized spacial score (nSPS) is 31.0. The van der Waals surface area contributed by atoms with Gasteiger partial charge < -0.3 is 14.8 Å². The first-order valence-electron chi connectivity index (χ1n) is 8.25. The van der Waals surface area contributed by atoms with Crippen molar-refractivity contribution in [3.8, 4) is 0 Å². The molecule has 2 N–H and O–H groups in total. The Kier molecular flexibility index (Phi) is 3.71. The molecule has 0 unspecified atom stereocenters. The van der Waals surface area contributed by atoms with Gasteiger partial charge in [0.05, 0.1) is 22.8 Å². The van der Waals surface area contributed by atoms with E-state index in [0.717, 1.165) is 32.1 Å². The lowest BCUT2D eigenvalue weighted by atomic mass is 9.67.